The molecule has 116 valence electrons. The van der Waals surface area contributed by atoms with Crippen LogP contribution in [0.5, 0.6) is 0 Å². The van der Waals surface area contributed by atoms with E-state index < -0.39 is 0 Å². The fourth-order valence-electron chi connectivity index (χ4n) is 2.21. The van der Waals surface area contributed by atoms with E-state index in [2.05, 4.69) is 39.1 Å². The number of fused-ring (bicyclic) bond motifs is 1. The Labute approximate surface area is 125 Å². The van der Waals surface area contributed by atoms with Crippen LogP contribution in [0.2, 0.25) is 0 Å². The van der Waals surface area contributed by atoms with Crippen LogP contribution in [0.1, 0.15) is 19.7 Å². The molecule has 0 saturated heterocycles. The van der Waals surface area contributed by atoms with E-state index in [0.717, 1.165) is 42.3 Å². The largest absolute Gasteiger partial charge is 0.383 e. The van der Waals surface area contributed by atoms with Gasteiger partial charge in [0.2, 0.25) is 0 Å². The summed E-state index contributed by atoms with van der Waals surface area (Å²) in [5, 5.41) is 8.52. The van der Waals surface area contributed by atoms with E-state index in [1.165, 1.54) is 0 Å². The van der Waals surface area contributed by atoms with Crippen LogP contribution in [0.4, 0.5) is 5.82 Å². The molecule has 0 unspecified atom stereocenters. The smallest absolute Gasteiger partial charge is 0.163 e. The second-order valence-electron chi connectivity index (χ2n) is 4.89. The third kappa shape index (κ3) is 3.68. The van der Waals surface area contributed by atoms with Crippen LogP contribution in [0.15, 0.2) is 6.20 Å². The highest BCUT2D eigenvalue weighted by Crippen LogP contribution is 2.19. The van der Waals surface area contributed by atoms with Gasteiger partial charge < -0.3 is 10.1 Å². The van der Waals surface area contributed by atoms with Crippen LogP contribution in [0, 0.1) is 0 Å². The van der Waals surface area contributed by atoms with E-state index in [1.807, 2.05) is 7.05 Å². The van der Waals surface area contributed by atoms with Gasteiger partial charge in [-0.2, -0.15) is 5.10 Å². The van der Waals surface area contributed by atoms with Gasteiger partial charge in [0, 0.05) is 27.2 Å². The number of anilines is 1. The number of nitrogens with one attached hydrogen (secondary N) is 1. The molecule has 0 fully saturated rings. The zero-order valence-corrected chi connectivity index (χ0v) is 13.3. The first-order chi connectivity index (χ1) is 10.2. The predicted molar refractivity (Wildman–Crippen MR) is 83.3 cm³/mol. The van der Waals surface area contributed by atoms with Gasteiger partial charge in [0.1, 0.15) is 11.6 Å². The van der Waals surface area contributed by atoms with E-state index in [9.17, 15) is 0 Å². The summed E-state index contributed by atoms with van der Waals surface area (Å²) in [6.45, 7) is 8.23. The summed E-state index contributed by atoms with van der Waals surface area (Å²) in [6, 6.07) is 0. The van der Waals surface area contributed by atoms with E-state index in [0.29, 0.717) is 13.2 Å². The predicted octanol–water partition coefficient (Wildman–Crippen LogP) is 1.26. The number of aryl methyl sites for hydroxylation is 1. The number of hydrogen-bond acceptors (Lipinski definition) is 6. The van der Waals surface area contributed by atoms with Gasteiger partial charge in [-0.15, -0.1) is 0 Å². The van der Waals surface area contributed by atoms with E-state index in [4.69, 9.17) is 4.74 Å². The molecule has 2 aromatic rings. The van der Waals surface area contributed by atoms with Gasteiger partial charge in [0.15, 0.2) is 5.65 Å². The molecule has 0 aromatic carbocycles. The maximum absolute atomic E-state index is 5.14. The summed E-state index contributed by atoms with van der Waals surface area (Å²) in [6.07, 6.45) is 1.81. The molecule has 0 atom stereocenters. The van der Waals surface area contributed by atoms with Crippen molar-refractivity contribution in [2.45, 2.75) is 20.4 Å². The summed E-state index contributed by atoms with van der Waals surface area (Å²) < 4.78 is 6.93. The monoisotopic (exact) mass is 292 g/mol. The molecular weight excluding hydrogens is 268 g/mol. The topological polar surface area (TPSA) is 68.1 Å². The minimum absolute atomic E-state index is 0.708. The van der Waals surface area contributed by atoms with Crippen molar-refractivity contribution in [1.29, 1.82) is 0 Å². The van der Waals surface area contributed by atoms with Crippen molar-refractivity contribution >= 4 is 16.9 Å². The zero-order chi connectivity index (χ0) is 15.2. The zero-order valence-electron chi connectivity index (χ0n) is 13.3. The lowest BCUT2D eigenvalue weighted by Crippen LogP contribution is -2.27. The number of ether oxygens (including phenoxy) is 1. The second-order valence-corrected chi connectivity index (χ2v) is 4.89. The molecule has 0 radical (unpaired) electrons. The van der Waals surface area contributed by atoms with Crippen molar-refractivity contribution in [2.24, 2.45) is 7.05 Å². The molecule has 7 heteroatoms. The van der Waals surface area contributed by atoms with Crippen molar-refractivity contribution in [1.82, 2.24) is 24.6 Å². The third-order valence-corrected chi connectivity index (χ3v) is 3.41. The Hall–Kier alpha value is -1.73. The van der Waals surface area contributed by atoms with Gasteiger partial charge in [0.05, 0.1) is 24.7 Å². The Balaban J connectivity index is 2.28. The summed E-state index contributed by atoms with van der Waals surface area (Å²) in [7, 11) is 3.62. The van der Waals surface area contributed by atoms with Gasteiger partial charge in [0.25, 0.3) is 0 Å². The molecule has 2 heterocycles. The molecule has 0 aliphatic carbocycles. The summed E-state index contributed by atoms with van der Waals surface area (Å²) in [5.74, 6) is 1.66. The third-order valence-electron chi connectivity index (χ3n) is 3.41. The number of likely N-dealkylation sites (N-methyl/N-ethyl adjacent to an activating group) is 1. The lowest BCUT2D eigenvalue weighted by molar-refractivity contribution is 0.146. The van der Waals surface area contributed by atoms with Crippen LogP contribution < -0.4 is 5.32 Å². The van der Waals surface area contributed by atoms with Crippen molar-refractivity contribution in [2.75, 3.05) is 38.7 Å². The molecule has 1 N–H and O–H groups in total. The van der Waals surface area contributed by atoms with Crippen LogP contribution in [-0.2, 0) is 18.3 Å². The Bertz CT molecular complexity index is 582. The average molecular weight is 292 g/mol. The maximum atomic E-state index is 5.14. The van der Waals surface area contributed by atoms with E-state index in [-0.39, 0.29) is 0 Å². The van der Waals surface area contributed by atoms with Crippen LogP contribution >= 0.6 is 0 Å². The number of methoxy groups -OCH3 is 1. The van der Waals surface area contributed by atoms with Crippen molar-refractivity contribution < 1.29 is 4.74 Å². The van der Waals surface area contributed by atoms with Crippen LogP contribution in [0.3, 0.4) is 0 Å². The Morgan fingerprint density at radius 1 is 1.33 bits per heavy atom. The lowest BCUT2D eigenvalue weighted by Gasteiger charge is -2.19. The molecule has 0 aliphatic heterocycles. The Morgan fingerprint density at radius 2 is 2.14 bits per heavy atom. The molecule has 0 bridgehead atoms. The number of rotatable bonds is 8. The van der Waals surface area contributed by atoms with Crippen molar-refractivity contribution in [3.8, 4) is 0 Å². The molecule has 0 spiro atoms. The summed E-state index contributed by atoms with van der Waals surface area (Å²) >= 11 is 0. The van der Waals surface area contributed by atoms with Crippen LogP contribution in [0.25, 0.3) is 11.0 Å². The highest BCUT2D eigenvalue weighted by atomic mass is 16.5. The first-order valence-corrected chi connectivity index (χ1v) is 7.33. The average Bonchev–Trinajstić information content (AvgIpc) is 2.86. The molecule has 2 rings (SSSR count). The van der Waals surface area contributed by atoms with Gasteiger partial charge in [-0.25, -0.2) is 9.97 Å². The van der Waals surface area contributed by atoms with Crippen molar-refractivity contribution in [3.63, 3.8) is 0 Å². The molecule has 21 heavy (non-hydrogen) atoms. The standard InChI is InChI=1S/C14H24N6O/c1-5-15-13-11-9-16-19(3)14(11)18-12(17-13)10-20(6-2)7-8-21-4/h9H,5-8,10H2,1-4H3,(H,15,17,18). The van der Waals surface area contributed by atoms with E-state index >= 15 is 0 Å². The van der Waals surface area contributed by atoms with Gasteiger partial charge >= 0.3 is 0 Å². The van der Waals surface area contributed by atoms with Crippen LogP contribution in [-0.4, -0.2) is 58.0 Å². The van der Waals surface area contributed by atoms with Gasteiger partial charge in [-0.1, -0.05) is 6.92 Å². The quantitative estimate of drug-likeness (QED) is 0.790. The Morgan fingerprint density at radius 3 is 2.81 bits per heavy atom. The molecule has 7 nitrogen and oxygen atoms in total. The fourth-order valence-corrected chi connectivity index (χ4v) is 2.21. The highest BCUT2D eigenvalue weighted by molar-refractivity contribution is 5.86. The first-order valence-electron chi connectivity index (χ1n) is 7.33. The van der Waals surface area contributed by atoms with Gasteiger partial charge in [-0.05, 0) is 13.5 Å². The number of hydrogen-bond donors (Lipinski definition) is 1. The molecule has 0 aliphatic rings. The molecule has 0 amide bonds. The lowest BCUT2D eigenvalue weighted by atomic mass is 10.3. The SMILES string of the molecule is CCNc1nc(CN(CC)CCOC)nc2c1cnn2C. The Kier molecular flexibility index (Phi) is 5.46. The molecule has 2 aromatic heterocycles. The minimum atomic E-state index is 0.708. The van der Waals surface area contributed by atoms with Gasteiger partial charge in [-0.3, -0.25) is 9.58 Å². The number of aromatic nitrogens is 4. The van der Waals surface area contributed by atoms with E-state index in [1.54, 1.807) is 18.0 Å². The summed E-state index contributed by atoms with van der Waals surface area (Å²) in [4.78, 5) is 11.5. The highest BCUT2D eigenvalue weighted by Gasteiger charge is 2.13. The molecular formula is C14H24N6O. The minimum Gasteiger partial charge on any atom is -0.383 e. The first kappa shape index (κ1) is 15.7. The fraction of sp³-hybridized carbons (Fsp3) is 0.643. The summed E-state index contributed by atoms with van der Waals surface area (Å²) in [5.41, 5.74) is 0.860. The normalized spacial score (nSPS) is 11.5. The number of nitrogens with zero attached hydrogens (tertiary/aromatic N) is 5. The second kappa shape index (κ2) is 7.33. The maximum Gasteiger partial charge on any atom is 0.163 e. The molecule has 0 saturated carbocycles. The van der Waals surface area contributed by atoms with Crippen molar-refractivity contribution in [3.05, 3.63) is 12.0 Å².